The first kappa shape index (κ1) is 17.8. The highest BCUT2D eigenvalue weighted by atomic mass is 16.4. The van der Waals surface area contributed by atoms with Crippen molar-refractivity contribution in [3.05, 3.63) is 0 Å². The molecule has 0 bridgehead atoms. The van der Waals surface area contributed by atoms with Gasteiger partial charge < -0.3 is 25.5 Å². The van der Waals surface area contributed by atoms with Crippen LogP contribution in [0.4, 0.5) is 0 Å². The van der Waals surface area contributed by atoms with E-state index in [-0.39, 0.29) is 6.47 Å². The fourth-order valence-corrected chi connectivity index (χ4v) is 0. The lowest BCUT2D eigenvalue weighted by atomic mass is 10.7. The first-order valence-corrected chi connectivity index (χ1v) is 2.70. The molecule has 0 aromatic heterocycles. The second-order valence-corrected chi connectivity index (χ2v) is 1.27. The van der Waals surface area contributed by atoms with Gasteiger partial charge in [0.05, 0.1) is 0 Å². The van der Waals surface area contributed by atoms with Crippen molar-refractivity contribution in [3.8, 4) is 0 Å². The molecule has 0 aromatic rings. The third-order valence-electron chi connectivity index (χ3n) is 0.318. The standard InChI is InChI=1S/C2H2O4.C2H4O3.CH2O2/c3-1(4)2(5)6;3-1-2(4)5;2-1-3/h(H,3,4)(H,5,6);3H,1H2,(H,4,5);1H,(H,2,3). The van der Waals surface area contributed by atoms with Crippen molar-refractivity contribution < 1.29 is 44.7 Å². The first-order chi connectivity index (χ1) is 6.33. The zero-order valence-electron chi connectivity index (χ0n) is 6.65. The van der Waals surface area contributed by atoms with Gasteiger partial charge in [-0.15, -0.1) is 0 Å². The molecule has 14 heavy (non-hydrogen) atoms. The maximum absolute atomic E-state index is 9.12. The highest BCUT2D eigenvalue weighted by Crippen LogP contribution is 1.56. The van der Waals surface area contributed by atoms with E-state index in [1.807, 2.05) is 0 Å². The summed E-state index contributed by atoms with van der Waals surface area (Å²) in [6, 6.07) is 0. The van der Waals surface area contributed by atoms with Crippen LogP contribution in [0.5, 0.6) is 0 Å². The number of rotatable bonds is 1. The number of carboxylic acid groups (broad SMARTS) is 4. The van der Waals surface area contributed by atoms with E-state index in [4.69, 9.17) is 44.7 Å². The van der Waals surface area contributed by atoms with E-state index in [1.54, 1.807) is 0 Å². The Morgan fingerprint density at radius 2 is 1.14 bits per heavy atom. The van der Waals surface area contributed by atoms with Gasteiger partial charge in [-0.3, -0.25) is 4.79 Å². The van der Waals surface area contributed by atoms with E-state index in [9.17, 15) is 0 Å². The fraction of sp³-hybridized carbons (Fsp3) is 0.200. The van der Waals surface area contributed by atoms with Crippen LogP contribution in [0.2, 0.25) is 0 Å². The molecule has 0 spiro atoms. The fourth-order valence-electron chi connectivity index (χ4n) is 0. The highest BCUT2D eigenvalue weighted by molar-refractivity contribution is 6.27. The summed E-state index contributed by atoms with van der Waals surface area (Å²) < 4.78 is 0. The average Bonchev–Trinajstić information content (AvgIpc) is 2.06. The Balaban J connectivity index is -0.000000138. The van der Waals surface area contributed by atoms with E-state index < -0.39 is 24.5 Å². The molecule has 0 aliphatic heterocycles. The van der Waals surface area contributed by atoms with Crippen LogP contribution in [-0.2, 0) is 19.2 Å². The van der Waals surface area contributed by atoms with Crippen LogP contribution in [0.1, 0.15) is 0 Å². The molecule has 5 N–H and O–H groups in total. The van der Waals surface area contributed by atoms with Crippen LogP contribution in [0.25, 0.3) is 0 Å². The summed E-state index contributed by atoms with van der Waals surface area (Å²) in [4.78, 5) is 35.7. The van der Waals surface area contributed by atoms with Gasteiger partial charge in [0.2, 0.25) is 0 Å². The molecule has 0 atom stereocenters. The summed E-state index contributed by atoms with van der Waals surface area (Å²) in [5, 5.41) is 36.7. The van der Waals surface area contributed by atoms with Crippen LogP contribution in [0, 0.1) is 0 Å². The van der Waals surface area contributed by atoms with E-state index in [2.05, 4.69) is 0 Å². The summed E-state index contributed by atoms with van der Waals surface area (Å²) in [6.07, 6.45) is 0. The summed E-state index contributed by atoms with van der Waals surface area (Å²) in [5.41, 5.74) is 0. The largest absolute Gasteiger partial charge is 0.483 e. The number of aliphatic hydroxyl groups is 1. The lowest BCUT2D eigenvalue weighted by Crippen LogP contribution is -2.09. The topological polar surface area (TPSA) is 169 Å². The molecule has 82 valence electrons. The number of hydrogen-bond donors (Lipinski definition) is 5. The summed E-state index contributed by atoms with van der Waals surface area (Å²) in [7, 11) is 0. The highest BCUT2D eigenvalue weighted by Gasteiger charge is 2.04. The normalized spacial score (nSPS) is 6.64. The molecule has 0 aliphatic rings. The summed E-state index contributed by atoms with van der Waals surface area (Å²) in [5.74, 6) is -4.84. The predicted molar refractivity (Wildman–Crippen MR) is 38.7 cm³/mol. The molecule has 9 nitrogen and oxygen atoms in total. The van der Waals surface area contributed by atoms with Crippen molar-refractivity contribution in [1.29, 1.82) is 0 Å². The van der Waals surface area contributed by atoms with Gasteiger partial charge in [0, 0.05) is 0 Å². The zero-order chi connectivity index (χ0) is 12.1. The number of carbonyl (C=O) groups is 4. The number of aliphatic hydroxyl groups excluding tert-OH is 1. The first-order valence-electron chi connectivity index (χ1n) is 2.70. The summed E-state index contributed by atoms with van der Waals surface area (Å²) >= 11 is 0. The molecule has 0 unspecified atom stereocenters. The van der Waals surface area contributed by atoms with Crippen LogP contribution >= 0.6 is 0 Å². The molecule has 9 heteroatoms. The molecule has 0 saturated carbocycles. The van der Waals surface area contributed by atoms with E-state index in [1.165, 1.54) is 0 Å². The van der Waals surface area contributed by atoms with E-state index in [0.717, 1.165) is 0 Å². The molecule has 0 aromatic carbocycles. The molecular weight excluding hydrogens is 204 g/mol. The number of carboxylic acids is 3. The van der Waals surface area contributed by atoms with Crippen molar-refractivity contribution in [3.63, 3.8) is 0 Å². The van der Waals surface area contributed by atoms with Crippen LogP contribution in [0.15, 0.2) is 0 Å². The van der Waals surface area contributed by atoms with Gasteiger partial charge in [-0.25, -0.2) is 14.4 Å². The third kappa shape index (κ3) is 52.1. The van der Waals surface area contributed by atoms with Gasteiger partial charge in [-0.1, -0.05) is 0 Å². The monoisotopic (exact) mass is 212 g/mol. The summed E-state index contributed by atoms with van der Waals surface area (Å²) in [6.45, 7) is -1.03. The smallest absolute Gasteiger partial charge is 0.414 e. The molecule has 0 heterocycles. The van der Waals surface area contributed by atoms with Gasteiger partial charge in [-0.2, -0.15) is 0 Å². The third-order valence-corrected chi connectivity index (χ3v) is 0.318. The second-order valence-electron chi connectivity index (χ2n) is 1.27. The van der Waals surface area contributed by atoms with Crippen molar-refractivity contribution in [2.45, 2.75) is 0 Å². The molecule has 0 saturated heterocycles. The quantitative estimate of drug-likeness (QED) is 0.241. The molecule has 0 radical (unpaired) electrons. The van der Waals surface area contributed by atoms with E-state index in [0.29, 0.717) is 0 Å². The number of hydrogen-bond acceptors (Lipinski definition) is 5. The Labute approximate surface area is 76.8 Å². The molecule has 0 aliphatic carbocycles. The van der Waals surface area contributed by atoms with Crippen LogP contribution in [0.3, 0.4) is 0 Å². The Hall–Kier alpha value is -2.16. The van der Waals surface area contributed by atoms with Crippen molar-refractivity contribution in [1.82, 2.24) is 0 Å². The SMILES string of the molecule is O=C(O)C(=O)O.O=C(O)CO.O=CO. The predicted octanol–water partition coefficient (Wildman–Crippen LogP) is -2.08. The zero-order valence-corrected chi connectivity index (χ0v) is 6.65. The maximum atomic E-state index is 9.12. The lowest BCUT2D eigenvalue weighted by molar-refractivity contribution is -0.159. The van der Waals surface area contributed by atoms with Gasteiger partial charge in [0.1, 0.15) is 6.61 Å². The Bertz CT molecular complexity index is 183. The van der Waals surface area contributed by atoms with Gasteiger partial charge >= 0.3 is 17.9 Å². The maximum Gasteiger partial charge on any atom is 0.414 e. The average molecular weight is 212 g/mol. The minimum Gasteiger partial charge on any atom is -0.483 e. The Morgan fingerprint density at radius 3 is 1.14 bits per heavy atom. The molecular formula is C5H8O9. The van der Waals surface area contributed by atoms with Crippen molar-refractivity contribution in [2.75, 3.05) is 6.61 Å². The van der Waals surface area contributed by atoms with Crippen molar-refractivity contribution in [2.24, 2.45) is 0 Å². The molecule has 0 rings (SSSR count). The Kier molecular flexibility index (Phi) is 17.1. The number of aliphatic carboxylic acids is 3. The molecule has 0 amide bonds. The molecule has 0 fully saturated rings. The lowest BCUT2D eigenvalue weighted by Gasteiger charge is -1.72. The Morgan fingerprint density at radius 1 is 1.00 bits per heavy atom. The van der Waals surface area contributed by atoms with Crippen LogP contribution in [-0.4, -0.2) is 56.5 Å². The second kappa shape index (κ2) is 13.4. The van der Waals surface area contributed by atoms with Crippen molar-refractivity contribution >= 4 is 24.4 Å². The van der Waals surface area contributed by atoms with Crippen LogP contribution < -0.4 is 0 Å². The van der Waals surface area contributed by atoms with E-state index >= 15 is 0 Å². The van der Waals surface area contributed by atoms with Gasteiger partial charge in [0.25, 0.3) is 6.47 Å². The minimum atomic E-state index is -1.82. The minimum absolute atomic E-state index is 0.250. The van der Waals surface area contributed by atoms with Gasteiger partial charge in [-0.05, 0) is 0 Å². The van der Waals surface area contributed by atoms with Gasteiger partial charge in [0.15, 0.2) is 0 Å².